The molecule has 144 valence electrons. The van der Waals surface area contributed by atoms with E-state index in [9.17, 15) is 4.79 Å². The summed E-state index contributed by atoms with van der Waals surface area (Å²) in [6.07, 6.45) is 1.98. The highest BCUT2D eigenvalue weighted by molar-refractivity contribution is 7.18. The molecule has 0 unspecified atom stereocenters. The van der Waals surface area contributed by atoms with Gasteiger partial charge in [0, 0.05) is 25.9 Å². The molecule has 0 N–H and O–H groups in total. The average Bonchev–Trinajstić information content (AvgIpc) is 3.12. The van der Waals surface area contributed by atoms with Crippen LogP contribution >= 0.6 is 11.3 Å². The van der Waals surface area contributed by atoms with Crippen LogP contribution in [0.5, 0.6) is 0 Å². The largest absolute Gasteiger partial charge is 0.494 e. The molecule has 0 saturated carbocycles. The second kappa shape index (κ2) is 6.57. The lowest BCUT2D eigenvalue weighted by atomic mass is 9.79. The van der Waals surface area contributed by atoms with Crippen LogP contribution in [-0.4, -0.2) is 47.2 Å². The standard InChI is InChI=1S/C20H27BN2O3S/c1-13(24)23-10-8-14(9-11-23)18-22-16-12-15(6-7-17(16)27-18)21-25-19(2,3)20(4,5)26-21/h6-7,12,14H,8-11H2,1-5H3. The Kier molecular flexibility index (Phi) is 4.60. The average molecular weight is 386 g/mol. The summed E-state index contributed by atoms with van der Waals surface area (Å²) in [4.78, 5) is 18.4. The van der Waals surface area contributed by atoms with E-state index in [4.69, 9.17) is 14.3 Å². The van der Waals surface area contributed by atoms with Crippen LogP contribution in [0.15, 0.2) is 18.2 Å². The lowest BCUT2D eigenvalue weighted by Gasteiger charge is -2.32. The number of carbonyl (C=O) groups excluding carboxylic acids is 1. The minimum absolute atomic E-state index is 0.171. The van der Waals surface area contributed by atoms with E-state index in [1.54, 1.807) is 18.3 Å². The number of rotatable bonds is 2. The van der Waals surface area contributed by atoms with Crippen molar-refractivity contribution in [1.82, 2.24) is 9.88 Å². The number of fused-ring (bicyclic) bond motifs is 1. The SMILES string of the molecule is CC(=O)N1CCC(c2nc3cc(B4OC(C)(C)C(C)(C)O4)ccc3s2)CC1. The predicted molar refractivity (Wildman–Crippen MR) is 110 cm³/mol. The molecule has 2 aliphatic heterocycles. The third kappa shape index (κ3) is 3.41. The summed E-state index contributed by atoms with van der Waals surface area (Å²) in [6, 6.07) is 6.31. The molecule has 1 amide bonds. The van der Waals surface area contributed by atoms with Crippen molar-refractivity contribution in [3.05, 3.63) is 23.2 Å². The van der Waals surface area contributed by atoms with Crippen molar-refractivity contribution in [3.63, 3.8) is 0 Å². The number of benzene rings is 1. The zero-order valence-electron chi connectivity index (χ0n) is 16.7. The summed E-state index contributed by atoms with van der Waals surface area (Å²) in [5.74, 6) is 0.614. The van der Waals surface area contributed by atoms with Crippen molar-refractivity contribution >= 4 is 40.0 Å². The zero-order valence-corrected chi connectivity index (χ0v) is 17.6. The van der Waals surface area contributed by atoms with Gasteiger partial charge in [0.15, 0.2) is 0 Å². The molecule has 0 bridgehead atoms. The highest BCUT2D eigenvalue weighted by Crippen LogP contribution is 2.37. The molecular formula is C20H27BN2O3S. The maximum absolute atomic E-state index is 11.5. The first-order valence-electron chi connectivity index (χ1n) is 9.68. The van der Waals surface area contributed by atoms with Gasteiger partial charge in [-0.05, 0) is 58.1 Å². The number of aromatic nitrogens is 1. The van der Waals surface area contributed by atoms with Gasteiger partial charge in [-0.1, -0.05) is 6.07 Å². The Morgan fingerprint density at radius 1 is 1.19 bits per heavy atom. The fourth-order valence-corrected chi connectivity index (χ4v) is 4.82. The van der Waals surface area contributed by atoms with E-state index in [-0.39, 0.29) is 24.2 Å². The Morgan fingerprint density at radius 3 is 2.41 bits per heavy atom. The number of nitrogens with zero attached hydrogens (tertiary/aromatic N) is 2. The molecule has 2 aliphatic rings. The Labute approximate surface area is 165 Å². The highest BCUT2D eigenvalue weighted by Gasteiger charge is 2.51. The molecule has 1 aromatic carbocycles. The van der Waals surface area contributed by atoms with E-state index in [0.717, 1.165) is 36.9 Å². The molecule has 0 spiro atoms. The summed E-state index contributed by atoms with van der Waals surface area (Å²) < 4.78 is 13.5. The predicted octanol–water partition coefficient (Wildman–Crippen LogP) is 3.32. The van der Waals surface area contributed by atoms with Crippen molar-refractivity contribution in [1.29, 1.82) is 0 Å². The van der Waals surface area contributed by atoms with E-state index in [2.05, 4.69) is 45.9 Å². The van der Waals surface area contributed by atoms with Crippen LogP contribution in [0.2, 0.25) is 0 Å². The minimum Gasteiger partial charge on any atom is -0.399 e. The lowest BCUT2D eigenvalue weighted by Crippen LogP contribution is -2.41. The van der Waals surface area contributed by atoms with Gasteiger partial charge in [-0.15, -0.1) is 11.3 Å². The molecule has 5 nitrogen and oxygen atoms in total. The normalized spacial score (nSPS) is 22.6. The Morgan fingerprint density at radius 2 is 1.81 bits per heavy atom. The fraction of sp³-hybridized carbons (Fsp3) is 0.600. The molecule has 2 aromatic rings. The van der Waals surface area contributed by atoms with E-state index >= 15 is 0 Å². The van der Waals surface area contributed by atoms with Crippen LogP contribution < -0.4 is 5.46 Å². The van der Waals surface area contributed by atoms with Gasteiger partial charge >= 0.3 is 7.12 Å². The smallest absolute Gasteiger partial charge is 0.399 e. The van der Waals surface area contributed by atoms with E-state index in [1.165, 1.54) is 9.71 Å². The number of thiazole rings is 1. The summed E-state index contributed by atoms with van der Waals surface area (Å²) in [5.41, 5.74) is 1.34. The summed E-state index contributed by atoms with van der Waals surface area (Å²) in [7, 11) is -0.358. The highest BCUT2D eigenvalue weighted by atomic mass is 32.1. The number of carbonyl (C=O) groups is 1. The maximum atomic E-state index is 11.5. The third-order valence-electron chi connectivity index (χ3n) is 6.24. The quantitative estimate of drug-likeness (QED) is 0.743. The first kappa shape index (κ1) is 18.9. The summed E-state index contributed by atoms with van der Waals surface area (Å²) >= 11 is 1.77. The fourth-order valence-electron chi connectivity index (χ4n) is 3.70. The number of piperidine rings is 1. The van der Waals surface area contributed by atoms with Crippen LogP contribution in [0.25, 0.3) is 10.2 Å². The molecule has 3 heterocycles. The summed E-state index contributed by atoms with van der Waals surface area (Å²) in [6.45, 7) is 11.6. The number of likely N-dealkylation sites (tertiary alicyclic amines) is 1. The second-order valence-corrected chi connectivity index (χ2v) is 9.71. The Hall–Kier alpha value is -1.44. The van der Waals surface area contributed by atoms with Crippen LogP contribution in [0.4, 0.5) is 0 Å². The van der Waals surface area contributed by atoms with Crippen molar-refractivity contribution < 1.29 is 14.1 Å². The Balaban J connectivity index is 1.54. The van der Waals surface area contributed by atoms with Crippen molar-refractivity contribution in [2.75, 3.05) is 13.1 Å². The molecule has 27 heavy (non-hydrogen) atoms. The van der Waals surface area contributed by atoms with Gasteiger partial charge in [0.25, 0.3) is 0 Å². The first-order valence-corrected chi connectivity index (χ1v) is 10.5. The molecule has 1 aromatic heterocycles. The number of hydrogen-bond acceptors (Lipinski definition) is 5. The lowest BCUT2D eigenvalue weighted by molar-refractivity contribution is -0.129. The third-order valence-corrected chi connectivity index (χ3v) is 7.44. The van der Waals surface area contributed by atoms with E-state index in [1.807, 2.05) is 4.90 Å². The van der Waals surface area contributed by atoms with Gasteiger partial charge in [-0.2, -0.15) is 0 Å². The molecule has 7 heteroatoms. The van der Waals surface area contributed by atoms with Gasteiger partial charge in [0.2, 0.25) is 5.91 Å². The van der Waals surface area contributed by atoms with Gasteiger partial charge in [-0.3, -0.25) is 4.79 Å². The molecular weight excluding hydrogens is 359 g/mol. The van der Waals surface area contributed by atoms with Crippen molar-refractivity contribution in [3.8, 4) is 0 Å². The van der Waals surface area contributed by atoms with Crippen LogP contribution in [0.3, 0.4) is 0 Å². The minimum atomic E-state index is -0.358. The molecule has 0 aliphatic carbocycles. The van der Waals surface area contributed by atoms with Crippen molar-refractivity contribution in [2.45, 2.75) is 64.6 Å². The van der Waals surface area contributed by atoms with Crippen molar-refractivity contribution in [2.24, 2.45) is 0 Å². The number of hydrogen-bond donors (Lipinski definition) is 0. The van der Waals surface area contributed by atoms with Crippen LogP contribution in [0.1, 0.15) is 58.4 Å². The van der Waals surface area contributed by atoms with Gasteiger partial charge in [-0.25, -0.2) is 4.98 Å². The molecule has 4 rings (SSSR count). The topological polar surface area (TPSA) is 51.7 Å². The maximum Gasteiger partial charge on any atom is 0.494 e. The number of amides is 1. The first-order chi connectivity index (χ1) is 12.7. The zero-order chi connectivity index (χ0) is 19.4. The second-order valence-electron chi connectivity index (χ2n) is 8.65. The van der Waals surface area contributed by atoms with Gasteiger partial charge < -0.3 is 14.2 Å². The molecule has 0 atom stereocenters. The molecule has 0 radical (unpaired) electrons. The molecule has 2 saturated heterocycles. The van der Waals surface area contributed by atoms with Crippen LogP contribution in [-0.2, 0) is 14.1 Å². The Bertz CT molecular complexity index is 855. The van der Waals surface area contributed by atoms with Gasteiger partial charge in [0.05, 0.1) is 26.4 Å². The molecule has 2 fully saturated rings. The van der Waals surface area contributed by atoms with E-state index in [0.29, 0.717) is 5.92 Å². The monoisotopic (exact) mass is 386 g/mol. The van der Waals surface area contributed by atoms with E-state index < -0.39 is 0 Å². The summed E-state index contributed by atoms with van der Waals surface area (Å²) in [5, 5.41) is 1.18. The van der Waals surface area contributed by atoms with Gasteiger partial charge in [0.1, 0.15) is 0 Å². The van der Waals surface area contributed by atoms with Crippen LogP contribution in [0, 0.1) is 0 Å².